The zero-order valence-corrected chi connectivity index (χ0v) is 7.47. The Kier molecular flexibility index (Phi) is 1.76. The van der Waals surface area contributed by atoms with E-state index in [2.05, 4.69) is 0 Å². The van der Waals surface area contributed by atoms with Crippen LogP contribution in [0.5, 0.6) is 28.7 Å². The highest BCUT2D eigenvalue weighted by molar-refractivity contribution is 5.98. The van der Waals surface area contributed by atoms with E-state index in [9.17, 15) is 25.5 Å². The number of phenols is 5. The average Bonchev–Trinajstić information content (AvgIpc) is 2.20. The smallest absolute Gasteiger partial charge is 0.201 e. The second kappa shape index (κ2) is 2.84. The molecule has 0 amide bonds. The van der Waals surface area contributed by atoms with Gasteiger partial charge in [-0.05, 0) is 17.5 Å². The summed E-state index contributed by atoms with van der Waals surface area (Å²) in [5, 5.41) is 46.7. The fourth-order valence-corrected chi connectivity index (χ4v) is 1.42. The largest absolute Gasteiger partial charge is 0.504 e. The maximum Gasteiger partial charge on any atom is 0.201 e. The Labute approximate surface area is 84.1 Å². The minimum atomic E-state index is -0.733. The predicted octanol–water partition coefficient (Wildman–Crippen LogP) is 1.37. The number of hydrogen-bond acceptors (Lipinski definition) is 5. The highest BCUT2D eigenvalue weighted by atomic mass is 16.3. The summed E-state index contributed by atoms with van der Waals surface area (Å²) in [7, 11) is 0. The lowest BCUT2D eigenvalue weighted by molar-refractivity contribution is 0.368. The van der Waals surface area contributed by atoms with E-state index in [1.807, 2.05) is 0 Å². The fourth-order valence-electron chi connectivity index (χ4n) is 1.42. The lowest BCUT2D eigenvalue weighted by Gasteiger charge is -2.08. The van der Waals surface area contributed by atoms with Crippen molar-refractivity contribution >= 4 is 10.8 Å². The van der Waals surface area contributed by atoms with E-state index < -0.39 is 28.7 Å². The van der Waals surface area contributed by atoms with E-state index in [-0.39, 0.29) is 5.39 Å². The molecule has 2 rings (SSSR count). The van der Waals surface area contributed by atoms with Crippen molar-refractivity contribution in [2.75, 3.05) is 0 Å². The molecule has 78 valence electrons. The van der Waals surface area contributed by atoms with Gasteiger partial charge in [-0.2, -0.15) is 0 Å². The topological polar surface area (TPSA) is 101 Å². The number of benzene rings is 2. The summed E-state index contributed by atoms with van der Waals surface area (Å²) < 4.78 is 0. The van der Waals surface area contributed by atoms with E-state index in [0.717, 1.165) is 0 Å². The summed E-state index contributed by atoms with van der Waals surface area (Å²) in [5.41, 5.74) is 0. The Balaban J connectivity index is 3.00. The molecule has 0 saturated heterocycles. The molecule has 0 spiro atoms. The first-order chi connectivity index (χ1) is 7.02. The molecule has 0 atom stereocenters. The monoisotopic (exact) mass is 208 g/mol. The summed E-state index contributed by atoms with van der Waals surface area (Å²) in [6.45, 7) is 0. The third-order valence-electron chi connectivity index (χ3n) is 2.18. The zero-order chi connectivity index (χ0) is 11.2. The summed E-state index contributed by atoms with van der Waals surface area (Å²) in [5.74, 6) is -2.85. The maximum absolute atomic E-state index is 9.46. The molecule has 0 aliphatic rings. The van der Waals surface area contributed by atoms with E-state index in [0.29, 0.717) is 5.39 Å². The molecule has 0 unspecified atom stereocenters. The summed E-state index contributed by atoms with van der Waals surface area (Å²) in [6.07, 6.45) is 0. The van der Waals surface area contributed by atoms with Gasteiger partial charge in [-0.1, -0.05) is 6.07 Å². The summed E-state index contributed by atoms with van der Waals surface area (Å²) in [4.78, 5) is 0. The van der Waals surface area contributed by atoms with Crippen LogP contribution in [0.4, 0.5) is 0 Å². The Hall–Kier alpha value is -2.30. The van der Waals surface area contributed by atoms with Gasteiger partial charge in [0.25, 0.3) is 0 Å². The van der Waals surface area contributed by atoms with Gasteiger partial charge < -0.3 is 25.5 Å². The highest BCUT2D eigenvalue weighted by Crippen LogP contribution is 2.46. The number of rotatable bonds is 0. The van der Waals surface area contributed by atoms with Crippen LogP contribution in [-0.4, -0.2) is 25.5 Å². The van der Waals surface area contributed by atoms with Crippen molar-refractivity contribution in [1.29, 1.82) is 0 Å². The molecule has 5 nitrogen and oxygen atoms in total. The van der Waals surface area contributed by atoms with Crippen LogP contribution >= 0.6 is 0 Å². The number of fused-ring (bicyclic) bond motifs is 1. The van der Waals surface area contributed by atoms with E-state index in [4.69, 9.17) is 0 Å². The molecule has 0 aliphatic carbocycles. The van der Waals surface area contributed by atoms with Gasteiger partial charge in [-0.3, -0.25) is 0 Å². The Morgan fingerprint density at radius 2 is 1.33 bits per heavy atom. The second-order valence-corrected chi connectivity index (χ2v) is 3.12. The van der Waals surface area contributed by atoms with Crippen molar-refractivity contribution in [2.45, 2.75) is 0 Å². The molecule has 0 bridgehead atoms. The molecule has 0 radical (unpaired) electrons. The van der Waals surface area contributed by atoms with Gasteiger partial charge in [-0.15, -0.1) is 0 Å². The minimum Gasteiger partial charge on any atom is -0.504 e. The predicted molar refractivity (Wildman–Crippen MR) is 52.3 cm³/mol. The first-order valence-electron chi connectivity index (χ1n) is 4.11. The van der Waals surface area contributed by atoms with E-state index in [1.165, 1.54) is 18.2 Å². The van der Waals surface area contributed by atoms with Crippen LogP contribution in [0.25, 0.3) is 10.8 Å². The molecule has 2 aromatic rings. The third-order valence-corrected chi connectivity index (χ3v) is 2.18. The van der Waals surface area contributed by atoms with Crippen LogP contribution in [0.15, 0.2) is 18.2 Å². The Bertz CT molecular complexity index is 547. The second-order valence-electron chi connectivity index (χ2n) is 3.12. The van der Waals surface area contributed by atoms with Gasteiger partial charge in [0.05, 0.1) is 5.39 Å². The molecule has 0 heterocycles. The van der Waals surface area contributed by atoms with Crippen LogP contribution < -0.4 is 0 Å². The van der Waals surface area contributed by atoms with Gasteiger partial charge in [0, 0.05) is 0 Å². The summed E-state index contributed by atoms with van der Waals surface area (Å²) in [6, 6.07) is 3.78. The Morgan fingerprint density at radius 1 is 0.667 bits per heavy atom. The SMILES string of the molecule is Oc1cc2ccc(O)c(O)c2c(O)c1O. The molecular formula is C10H8O5. The lowest BCUT2D eigenvalue weighted by atomic mass is 10.1. The standard InChI is InChI=1S/C10H8O5/c11-5-2-1-4-3-6(12)9(14)10(15)7(4)8(5)13/h1-3,11-15H. The Morgan fingerprint density at radius 3 is 2.00 bits per heavy atom. The van der Waals surface area contributed by atoms with Crippen LogP contribution in [0.3, 0.4) is 0 Å². The van der Waals surface area contributed by atoms with Crippen LogP contribution in [-0.2, 0) is 0 Å². The first kappa shape index (κ1) is 9.26. The molecule has 2 aromatic carbocycles. The molecule has 15 heavy (non-hydrogen) atoms. The van der Waals surface area contributed by atoms with Gasteiger partial charge in [0.2, 0.25) is 5.75 Å². The van der Waals surface area contributed by atoms with Crippen molar-refractivity contribution < 1.29 is 25.5 Å². The van der Waals surface area contributed by atoms with Gasteiger partial charge >= 0.3 is 0 Å². The van der Waals surface area contributed by atoms with Crippen LogP contribution in [0.1, 0.15) is 0 Å². The normalized spacial score (nSPS) is 10.7. The van der Waals surface area contributed by atoms with Crippen molar-refractivity contribution in [3.8, 4) is 28.7 Å². The van der Waals surface area contributed by atoms with Gasteiger partial charge in [0.1, 0.15) is 0 Å². The van der Waals surface area contributed by atoms with Crippen molar-refractivity contribution in [1.82, 2.24) is 0 Å². The lowest BCUT2D eigenvalue weighted by Crippen LogP contribution is -1.79. The fraction of sp³-hybridized carbons (Fsp3) is 0. The zero-order valence-electron chi connectivity index (χ0n) is 7.47. The number of phenolic OH excluding ortho intramolecular Hbond substituents is 5. The molecule has 5 N–H and O–H groups in total. The van der Waals surface area contributed by atoms with Crippen molar-refractivity contribution in [3.63, 3.8) is 0 Å². The number of hydrogen-bond donors (Lipinski definition) is 5. The van der Waals surface area contributed by atoms with Crippen LogP contribution in [0, 0.1) is 0 Å². The third kappa shape index (κ3) is 1.17. The van der Waals surface area contributed by atoms with Gasteiger partial charge in [-0.25, -0.2) is 0 Å². The maximum atomic E-state index is 9.46. The molecule has 0 saturated carbocycles. The number of aromatic hydroxyl groups is 5. The highest BCUT2D eigenvalue weighted by Gasteiger charge is 2.16. The molecular weight excluding hydrogens is 200 g/mol. The average molecular weight is 208 g/mol. The van der Waals surface area contributed by atoms with Crippen molar-refractivity contribution in [3.05, 3.63) is 18.2 Å². The van der Waals surface area contributed by atoms with Gasteiger partial charge in [0.15, 0.2) is 23.0 Å². The summed E-state index contributed by atoms with van der Waals surface area (Å²) >= 11 is 0. The minimum absolute atomic E-state index is 0.106. The molecule has 5 heteroatoms. The van der Waals surface area contributed by atoms with E-state index in [1.54, 1.807) is 0 Å². The molecule has 0 aromatic heterocycles. The molecule has 0 fully saturated rings. The van der Waals surface area contributed by atoms with Crippen LogP contribution in [0.2, 0.25) is 0 Å². The van der Waals surface area contributed by atoms with Crippen molar-refractivity contribution in [2.24, 2.45) is 0 Å². The van der Waals surface area contributed by atoms with E-state index >= 15 is 0 Å². The quantitative estimate of drug-likeness (QED) is 0.421. The first-order valence-corrected chi connectivity index (χ1v) is 4.11. The molecule has 0 aliphatic heterocycles.